The van der Waals surface area contributed by atoms with E-state index in [0.717, 1.165) is 127 Å². The number of nitrogens with zero attached hydrogens (tertiary/aromatic N) is 3. The van der Waals surface area contributed by atoms with Gasteiger partial charge in [-0.15, -0.1) is 0 Å². The number of furan rings is 2. The number of hydrogen-bond acceptors (Lipinski definition) is 5. The Labute approximate surface area is 367 Å². The summed E-state index contributed by atoms with van der Waals surface area (Å²) in [5.74, 6) is 0.656. The minimum absolute atomic E-state index is 0.656. The van der Waals surface area contributed by atoms with Gasteiger partial charge < -0.3 is 8.83 Å². The highest BCUT2D eigenvalue weighted by molar-refractivity contribution is 6.27. The van der Waals surface area contributed by atoms with Crippen molar-refractivity contribution in [2.75, 3.05) is 0 Å². The van der Waals surface area contributed by atoms with Crippen LogP contribution < -0.4 is 0 Å². The summed E-state index contributed by atoms with van der Waals surface area (Å²) in [7, 11) is 0. The van der Waals surface area contributed by atoms with Crippen LogP contribution in [-0.4, -0.2) is 15.0 Å². The van der Waals surface area contributed by atoms with Gasteiger partial charge in [0.1, 0.15) is 22.3 Å². The highest BCUT2D eigenvalue weighted by atomic mass is 16.3. The van der Waals surface area contributed by atoms with E-state index in [2.05, 4.69) is 170 Å². The van der Waals surface area contributed by atoms with Crippen molar-refractivity contribution in [2.24, 2.45) is 0 Å². The van der Waals surface area contributed by atoms with Crippen molar-refractivity contribution in [1.82, 2.24) is 15.0 Å². The molecule has 298 valence electrons. The SMILES string of the molecule is c1ccc(-c2nc(-c3ccc(-c4cccc5c4oc4ccccc45)cc3)cc(-c3cccc(-c4nc5ccccc5c5c(-c6ccccc6)c6c(cc45)oc4ccccc46)c3)n2)cc1. The van der Waals surface area contributed by atoms with E-state index in [1.54, 1.807) is 0 Å². The molecule has 0 fully saturated rings. The molecule has 13 aromatic rings. The molecule has 0 bridgehead atoms. The third-order valence-electron chi connectivity index (χ3n) is 12.5. The number of aromatic nitrogens is 3. The highest BCUT2D eigenvalue weighted by Gasteiger charge is 2.22. The van der Waals surface area contributed by atoms with Crippen molar-refractivity contribution in [3.63, 3.8) is 0 Å². The van der Waals surface area contributed by atoms with Crippen LogP contribution in [0.25, 0.3) is 133 Å². The van der Waals surface area contributed by atoms with E-state index in [1.165, 1.54) is 0 Å². The van der Waals surface area contributed by atoms with Crippen LogP contribution in [0.4, 0.5) is 0 Å². The van der Waals surface area contributed by atoms with Crippen molar-refractivity contribution in [3.05, 3.63) is 212 Å². The molecule has 4 heterocycles. The molecule has 0 N–H and O–H groups in total. The molecule has 9 aromatic carbocycles. The fourth-order valence-electron chi connectivity index (χ4n) is 9.51. The van der Waals surface area contributed by atoms with Gasteiger partial charge in [-0.05, 0) is 47.5 Å². The first-order chi connectivity index (χ1) is 31.7. The van der Waals surface area contributed by atoms with Gasteiger partial charge in [0.15, 0.2) is 5.82 Å². The molecule has 13 rings (SSSR count). The summed E-state index contributed by atoms with van der Waals surface area (Å²) in [4.78, 5) is 15.8. The smallest absolute Gasteiger partial charge is 0.160 e. The molecule has 0 amide bonds. The first kappa shape index (κ1) is 36.0. The first-order valence-electron chi connectivity index (χ1n) is 21.5. The molecule has 0 saturated heterocycles. The average molecular weight is 818 g/mol. The van der Waals surface area contributed by atoms with Crippen LogP contribution in [0.2, 0.25) is 0 Å². The highest BCUT2D eigenvalue weighted by Crippen LogP contribution is 2.46. The zero-order valence-electron chi connectivity index (χ0n) is 34.4. The van der Waals surface area contributed by atoms with E-state index in [4.69, 9.17) is 23.8 Å². The number of benzene rings is 9. The Morgan fingerprint density at radius 2 is 0.906 bits per heavy atom. The Bertz CT molecular complexity index is 3950. The maximum Gasteiger partial charge on any atom is 0.160 e. The van der Waals surface area contributed by atoms with Crippen molar-refractivity contribution >= 4 is 65.6 Å². The number of rotatable bonds is 6. The Hall–Kier alpha value is -8.67. The van der Waals surface area contributed by atoms with E-state index in [0.29, 0.717) is 5.82 Å². The molecule has 0 aliphatic heterocycles. The van der Waals surface area contributed by atoms with Gasteiger partial charge in [0, 0.05) is 71.1 Å². The molecule has 0 saturated carbocycles. The second-order valence-corrected chi connectivity index (χ2v) is 16.3. The summed E-state index contributed by atoms with van der Waals surface area (Å²) >= 11 is 0. The minimum Gasteiger partial charge on any atom is -0.456 e. The molecule has 5 nitrogen and oxygen atoms in total. The predicted octanol–water partition coefficient (Wildman–Crippen LogP) is 16.0. The minimum atomic E-state index is 0.656. The number of hydrogen-bond donors (Lipinski definition) is 0. The fraction of sp³-hybridized carbons (Fsp3) is 0. The largest absolute Gasteiger partial charge is 0.456 e. The van der Waals surface area contributed by atoms with Crippen molar-refractivity contribution in [3.8, 4) is 67.4 Å². The maximum atomic E-state index is 6.64. The van der Waals surface area contributed by atoms with Crippen LogP contribution in [0.1, 0.15) is 0 Å². The summed E-state index contributed by atoms with van der Waals surface area (Å²) in [5, 5.41) is 7.68. The molecule has 0 aliphatic carbocycles. The molecule has 0 spiro atoms. The van der Waals surface area contributed by atoms with Gasteiger partial charge in [-0.2, -0.15) is 0 Å². The lowest BCUT2D eigenvalue weighted by Crippen LogP contribution is -1.97. The Morgan fingerprint density at radius 1 is 0.312 bits per heavy atom. The Balaban J connectivity index is 0.983. The molecule has 0 unspecified atom stereocenters. The van der Waals surface area contributed by atoms with E-state index in [-0.39, 0.29) is 0 Å². The van der Waals surface area contributed by atoms with Crippen LogP contribution in [0.15, 0.2) is 221 Å². The normalized spacial score (nSPS) is 11.8. The Kier molecular flexibility index (Phi) is 8.15. The Morgan fingerprint density at radius 3 is 1.70 bits per heavy atom. The van der Waals surface area contributed by atoms with Gasteiger partial charge in [-0.1, -0.05) is 176 Å². The second kappa shape index (κ2) is 14.5. The van der Waals surface area contributed by atoms with E-state index >= 15 is 0 Å². The van der Waals surface area contributed by atoms with Gasteiger partial charge in [0.2, 0.25) is 0 Å². The van der Waals surface area contributed by atoms with Crippen LogP contribution in [0.5, 0.6) is 0 Å². The predicted molar refractivity (Wildman–Crippen MR) is 262 cm³/mol. The molecule has 0 radical (unpaired) electrons. The number of pyridine rings is 1. The number of fused-ring (bicyclic) bond motifs is 9. The number of para-hydroxylation sites is 4. The molecule has 5 heteroatoms. The maximum absolute atomic E-state index is 6.64. The molecular weight excluding hydrogens is 783 g/mol. The van der Waals surface area contributed by atoms with Gasteiger partial charge >= 0.3 is 0 Å². The van der Waals surface area contributed by atoms with Crippen LogP contribution in [0, 0.1) is 0 Å². The quantitative estimate of drug-likeness (QED) is 0.156. The molecule has 0 aliphatic rings. The molecule has 64 heavy (non-hydrogen) atoms. The summed E-state index contributed by atoms with van der Waals surface area (Å²) in [5.41, 5.74) is 15.2. The lowest BCUT2D eigenvalue weighted by atomic mass is 9.89. The third-order valence-corrected chi connectivity index (χ3v) is 12.5. The summed E-state index contributed by atoms with van der Waals surface area (Å²) in [6.45, 7) is 0. The van der Waals surface area contributed by atoms with Crippen molar-refractivity contribution < 1.29 is 8.83 Å². The van der Waals surface area contributed by atoms with E-state index in [1.807, 2.05) is 42.5 Å². The van der Waals surface area contributed by atoms with Crippen LogP contribution in [0.3, 0.4) is 0 Å². The van der Waals surface area contributed by atoms with Crippen LogP contribution >= 0.6 is 0 Å². The standard InChI is InChI=1S/C59H35N3O2/c1-3-15-38(16-4-1)54-55-45-22-7-10-26-48(45)60-57(47(55)34-53-56(54)46-23-9-12-28-52(46)63-53)41-20-13-19-40(33-41)50-35-49(61-59(62-50)39-17-5-2-6-18-39)37-31-29-36(30-32-37)42-24-14-25-44-43-21-8-11-27-51(43)64-58(42)44/h1-35H. The van der Waals surface area contributed by atoms with Gasteiger partial charge in [0.05, 0.1) is 22.6 Å². The first-order valence-corrected chi connectivity index (χ1v) is 21.5. The molecule has 0 atom stereocenters. The van der Waals surface area contributed by atoms with Gasteiger partial charge in [0.25, 0.3) is 0 Å². The summed E-state index contributed by atoms with van der Waals surface area (Å²) in [6, 6.07) is 73.6. The van der Waals surface area contributed by atoms with Gasteiger partial charge in [-0.3, -0.25) is 0 Å². The zero-order valence-corrected chi connectivity index (χ0v) is 34.4. The van der Waals surface area contributed by atoms with Crippen LogP contribution in [-0.2, 0) is 0 Å². The summed E-state index contributed by atoms with van der Waals surface area (Å²) in [6.07, 6.45) is 0. The lowest BCUT2D eigenvalue weighted by Gasteiger charge is -2.16. The molecular formula is C59H35N3O2. The monoisotopic (exact) mass is 817 g/mol. The van der Waals surface area contributed by atoms with Gasteiger partial charge in [-0.25, -0.2) is 15.0 Å². The van der Waals surface area contributed by atoms with E-state index in [9.17, 15) is 0 Å². The average Bonchev–Trinajstić information content (AvgIpc) is 3.94. The third kappa shape index (κ3) is 5.83. The molecule has 4 aromatic heterocycles. The van der Waals surface area contributed by atoms with Crippen molar-refractivity contribution in [2.45, 2.75) is 0 Å². The van der Waals surface area contributed by atoms with E-state index < -0.39 is 0 Å². The fourth-order valence-corrected chi connectivity index (χ4v) is 9.51. The van der Waals surface area contributed by atoms with Crippen molar-refractivity contribution in [1.29, 1.82) is 0 Å². The summed E-state index contributed by atoms with van der Waals surface area (Å²) < 4.78 is 13.0. The second-order valence-electron chi connectivity index (χ2n) is 16.3. The zero-order chi connectivity index (χ0) is 42.1. The lowest BCUT2D eigenvalue weighted by molar-refractivity contribution is 0.669. The topological polar surface area (TPSA) is 65.0 Å².